The van der Waals surface area contributed by atoms with E-state index in [1.807, 2.05) is 24.3 Å². The van der Waals surface area contributed by atoms with E-state index in [1.165, 1.54) is 5.56 Å². The molecular formula is C7H5BrClI. The summed E-state index contributed by atoms with van der Waals surface area (Å²) in [5.41, 5.74) is 1.20. The molecule has 0 aliphatic rings. The molecule has 0 N–H and O–H groups in total. The molecule has 0 spiro atoms. The van der Waals surface area contributed by atoms with Crippen LogP contribution >= 0.6 is 50.1 Å². The molecule has 1 aromatic carbocycles. The van der Waals surface area contributed by atoms with Crippen molar-refractivity contribution in [3.63, 3.8) is 0 Å². The Bertz CT molecular complexity index is 225. The molecule has 0 fully saturated rings. The van der Waals surface area contributed by atoms with Gasteiger partial charge in [0, 0.05) is 5.02 Å². The molecule has 0 bridgehead atoms. The maximum absolute atomic E-state index is 5.76. The van der Waals surface area contributed by atoms with E-state index in [-0.39, 0.29) is 0 Å². The average Bonchev–Trinajstić information content (AvgIpc) is 1.88. The molecule has 1 aromatic rings. The van der Waals surface area contributed by atoms with Crippen molar-refractivity contribution in [2.45, 2.75) is 2.83 Å². The average molecular weight is 331 g/mol. The Morgan fingerprint density at radius 1 is 1.50 bits per heavy atom. The van der Waals surface area contributed by atoms with Gasteiger partial charge in [-0.05, 0) is 17.7 Å². The normalized spacial score (nSPS) is 13.1. The third kappa shape index (κ3) is 2.40. The van der Waals surface area contributed by atoms with Crippen LogP contribution in [0.15, 0.2) is 24.3 Å². The van der Waals surface area contributed by atoms with Gasteiger partial charge in [-0.15, -0.1) is 0 Å². The maximum atomic E-state index is 5.76. The van der Waals surface area contributed by atoms with Crippen LogP contribution < -0.4 is 0 Å². The largest absolute Gasteiger partial charge is 0.0911 e. The first-order chi connectivity index (χ1) is 4.70. The van der Waals surface area contributed by atoms with Crippen molar-refractivity contribution in [2.24, 2.45) is 0 Å². The lowest BCUT2D eigenvalue weighted by atomic mass is 10.2. The number of hydrogen-bond acceptors (Lipinski definition) is 0. The Hall–Kier alpha value is 0.720. The van der Waals surface area contributed by atoms with Gasteiger partial charge in [0.15, 0.2) is 0 Å². The number of rotatable bonds is 1. The van der Waals surface area contributed by atoms with Gasteiger partial charge in [0.25, 0.3) is 0 Å². The summed E-state index contributed by atoms with van der Waals surface area (Å²) in [6, 6.07) is 7.81. The molecule has 0 saturated carbocycles. The minimum absolute atomic E-state index is 0.351. The van der Waals surface area contributed by atoms with Gasteiger partial charge in [-0.1, -0.05) is 62.3 Å². The monoisotopic (exact) mass is 330 g/mol. The molecule has 1 unspecified atom stereocenters. The van der Waals surface area contributed by atoms with Crippen molar-refractivity contribution in [1.82, 2.24) is 0 Å². The first kappa shape index (κ1) is 8.81. The molecule has 1 atom stereocenters. The van der Waals surface area contributed by atoms with Crippen LogP contribution in [0.2, 0.25) is 5.02 Å². The fraction of sp³-hybridized carbons (Fsp3) is 0.143. The molecule has 0 aliphatic heterocycles. The van der Waals surface area contributed by atoms with Gasteiger partial charge >= 0.3 is 0 Å². The predicted molar refractivity (Wildman–Crippen MR) is 57.1 cm³/mol. The minimum Gasteiger partial charge on any atom is -0.0843 e. The molecular weight excluding hydrogens is 326 g/mol. The Morgan fingerprint density at radius 2 is 2.20 bits per heavy atom. The van der Waals surface area contributed by atoms with Crippen molar-refractivity contribution < 1.29 is 0 Å². The molecule has 0 radical (unpaired) electrons. The lowest BCUT2D eigenvalue weighted by molar-refractivity contribution is 1.44. The van der Waals surface area contributed by atoms with E-state index in [2.05, 4.69) is 38.5 Å². The molecule has 0 amide bonds. The van der Waals surface area contributed by atoms with Crippen molar-refractivity contribution >= 4 is 50.1 Å². The molecule has 0 saturated heterocycles. The van der Waals surface area contributed by atoms with Crippen molar-refractivity contribution in [1.29, 1.82) is 0 Å². The van der Waals surface area contributed by atoms with E-state index in [1.54, 1.807) is 0 Å². The Kier molecular flexibility index (Phi) is 3.46. The Balaban J connectivity index is 2.96. The highest BCUT2D eigenvalue weighted by Gasteiger charge is 2.00. The highest BCUT2D eigenvalue weighted by Crippen LogP contribution is 2.30. The zero-order chi connectivity index (χ0) is 7.56. The summed E-state index contributed by atoms with van der Waals surface area (Å²) in [5.74, 6) is 0. The summed E-state index contributed by atoms with van der Waals surface area (Å²) in [6.07, 6.45) is 0. The Labute approximate surface area is 87.2 Å². The van der Waals surface area contributed by atoms with Gasteiger partial charge in [0.2, 0.25) is 0 Å². The van der Waals surface area contributed by atoms with Crippen LogP contribution in [0.5, 0.6) is 0 Å². The van der Waals surface area contributed by atoms with Crippen LogP contribution in [-0.4, -0.2) is 0 Å². The van der Waals surface area contributed by atoms with Crippen molar-refractivity contribution in [3.8, 4) is 0 Å². The zero-order valence-electron chi connectivity index (χ0n) is 5.02. The topological polar surface area (TPSA) is 0 Å². The molecule has 1 rings (SSSR count). The number of halogens is 3. The summed E-state index contributed by atoms with van der Waals surface area (Å²) in [6.45, 7) is 0. The van der Waals surface area contributed by atoms with Crippen molar-refractivity contribution in [2.75, 3.05) is 0 Å². The van der Waals surface area contributed by atoms with Crippen LogP contribution in [0.3, 0.4) is 0 Å². The summed E-state index contributed by atoms with van der Waals surface area (Å²) in [7, 11) is 0. The van der Waals surface area contributed by atoms with Gasteiger partial charge in [0.1, 0.15) is 0 Å². The third-order valence-electron chi connectivity index (χ3n) is 1.10. The van der Waals surface area contributed by atoms with E-state index in [0.717, 1.165) is 5.02 Å². The Morgan fingerprint density at radius 3 is 2.60 bits per heavy atom. The van der Waals surface area contributed by atoms with Crippen molar-refractivity contribution in [3.05, 3.63) is 34.9 Å². The summed E-state index contributed by atoms with van der Waals surface area (Å²) in [4.78, 5) is 0. The molecule has 54 valence electrons. The highest BCUT2D eigenvalue weighted by atomic mass is 127. The second kappa shape index (κ2) is 3.93. The first-order valence-corrected chi connectivity index (χ1v) is 5.27. The van der Waals surface area contributed by atoms with E-state index in [4.69, 9.17) is 11.6 Å². The second-order valence-corrected chi connectivity index (χ2v) is 6.17. The van der Waals surface area contributed by atoms with Gasteiger partial charge in [-0.25, -0.2) is 0 Å². The van der Waals surface area contributed by atoms with Crippen LogP contribution in [0.4, 0.5) is 0 Å². The summed E-state index contributed by atoms with van der Waals surface area (Å²) >= 11 is 11.5. The number of benzene rings is 1. The zero-order valence-corrected chi connectivity index (χ0v) is 9.52. The quantitative estimate of drug-likeness (QED) is 0.535. The first-order valence-electron chi connectivity index (χ1n) is 2.74. The molecule has 0 heterocycles. The second-order valence-electron chi connectivity index (χ2n) is 1.86. The predicted octanol–water partition coefficient (Wildman–Crippen LogP) is 4.17. The smallest absolute Gasteiger partial charge is 0.0843 e. The highest BCUT2D eigenvalue weighted by molar-refractivity contribution is 14.1. The third-order valence-corrected chi connectivity index (χ3v) is 2.58. The van der Waals surface area contributed by atoms with E-state index in [0.29, 0.717) is 2.83 Å². The lowest BCUT2D eigenvalue weighted by Gasteiger charge is -2.00. The van der Waals surface area contributed by atoms with E-state index in [9.17, 15) is 0 Å². The van der Waals surface area contributed by atoms with Gasteiger partial charge in [-0.2, -0.15) is 0 Å². The molecule has 3 heteroatoms. The number of alkyl halides is 2. The molecule has 10 heavy (non-hydrogen) atoms. The summed E-state index contributed by atoms with van der Waals surface area (Å²) in [5, 5.41) is 0.790. The standard InChI is InChI=1S/C7H5BrClI/c8-7(10)5-2-1-3-6(9)4-5/h1-4,7H. The molecule has 0 aromatic heterocycles. The van der Waals surface area contributed by atoms with Gasteiger partial charge < -0.3 is 0 Å². The fourth-order valence-electron chi connectivity index (χ4n) is 0.642. The molecule has 0 nitrogen and oxygen atoms in total. The van der Waals surface area contributed by atoms with Crippen LogP contribution in [0.1, 0.15) is 8.40 Å². The molecule has 0 aliphatic carbocycles. The SMILES string of the molecule is Clc1cccc(C(Br)I)c1. The van der Waals surface area contributed by atoms with E-state index < -0.39 is 0 Å². The number of hydrogen-bond donors (Lipinski definition) is 0. The maximum Gasteiger partial charge on any atom is 0.0911 e. The fourth-order valence-corrected chi connectivity index (χ4v) is 1.51. The van der Waals surface area contributed by atoms with Gasteiger partial charge in [0.05, 0.1) is 2.83 Å². The van der Waals surface area contributed by atoms with Gasteiger partial charge in [-0.3, -0.25) is 0 Å². The van der Waals surface area contributed by atoms with Crippen LogP contribution in [0.25, 0.3) is 0 Å². The van der Waals surface area contributed by atoms with Crippen LogP contribution in [0, 0.1) is 0 Å². The van der Waals surface area contributed by atoms with Crippen LogP contribution in [-0.2, 0) is 0 Å². The summed E-state index contributed by atoms with van der Waals surface area (Å²) < 4.78 is 0.351. The lowest BCUT2D eigenvalue weighted by Crippen LogP contribution is -1.77. The minimum atomic E-state index is 0.351. The van der Waals surface area contributed by atoms with E-state index >= 15 is 0 Å².